The summed E-state index contributed by atoms with van der Waals surface area (Å²) in [6, 6.07) is 10.8. The number of Topliss-reactive ketones (excluding diaryl/α,β-unsaturated/α-hetero) is 1. The molecule has 4 rings (SSSR count). The van der Waals surface area contributed by atoms with Crippen LogP contribution in [0.2, 0.25) is 0 Å². The van der Waals surface area contributed by atoms with Crippen LogP contribution in [0, 0.1) is 6.92 Å². The number of carbonyl (C=O) groups is 3. The van der Waals surface area contributed by atoms with Gasteiger partial charge < -0.3 is 24.1 Å². The van der Waals surface area contributed by atoms with Crippen LogP contribution in [0.25, 0.3) is 5.76 Å². The number of aryl methyl sites for hydroxylation is 1. The molecular formula is C35H40N2O8S. The minimum atomic E-state index is -1.10. The number of nitrogens with zero attached hydrogens (tertiary/aromatic N) is 2. The number of aliphatic hydroxyl groups excluding tert-OH is 1. The predicted molar refractivity (Wildman–Crippen MR) is 177 cm³/mol. The van der Waals surface area contributed by atoms with Crippen LogP contribution in [0.3, 0.4) is 0 Å². The van der Waals surface area contributed by atoms with Crippen LogP contribution in [0.1, 0.15) is 78.5 Å². The van der Waals surface area contributed by atoms with Gasteiger partial charge in [-0.05, 0) is 49.6 Å². The van der Waals surface area contributed by atoms with Crippen LogP contribution in [0.5, 0.6) is 17.2 Å². The molecule has 1 unspecified atom stereocenters. The number of unbranched alkanes of at least 4 members (excludes halogenated alkanes) is 3. The van der Waals surface area contributed by atoms with Gasteiger partial charge in [-0.25, -0.2) is 9.78 Å². The van der Waals surface area contributed by atoms with E-state index in [1.807, 2.05) is 0 Å². The Morgan fingerprint density at radius 1 is 1.04 bits per heavy atom. The zero-order valence-electron chi connectivity index (χ0n) is 26.7. The lowest BCUT2D eigenvalue weighted by Crippen LogP contribution is -2.29. The number of amides is 1. The van der Waals surface area contributed by atoms with Crippen molar-refractivity contribution in [2.75, 3.05) is 31.8 Å². The van der Waals surface area contributed by atoms with E-state index in [1.54, 1.807) is 49.4 Å². The molecule has 0 saturated carbocycles. The van der Waals surface area contributed by atoms with E-state index in [-0.39, 0.29) is 27.9 Å². The molecule has 2 heterocycles. The van der Waals surface area contributed by atoms with Crippen molar-refractivity contribution in [3.63, 3.8) is 0 Å². The van der Waals surface area contributed by atoms with Crippen LogP contribution in [-0.4, -0.2) is 54.7 Å². The maximum absolute atomic E-state index is 13.8. The molecule has 1 aromatic heterocycles. The Balaban J connectivity index is 1.84. The van der Waals surface area contributed by atoms with Gasteiger partial charge in [-0.3, -0.25) is 14.5 Å². The first-order valence-corrected chi connectivity index (χ1v) is 16.2. The number of ketones is 1. The molecule has 1 aliphatic rings. The Kier molecular flexibility index (Phi) is 12.0. The van der Waals surface area contributed by atoms with Crippen LogP contribution in [-0.2, 0) is 14.3 Å². The van der Waals surface area contributed by atoms with Crippen LogP contribution < -0.4 is 19.1 Å². The van der Waals surface area contributed by atoms with Crippen molar-refractivity contribution in [2.45, 2.75) is 58.9 Å². The summed E-state index contributed by atoms with van der Waals surface area (Å²) in [5, 5.41) is 11.8. The fourth-order valence-electron chi connectivity index (χ4n) is 4.95. The molecule has 1 N–H and O–H groups in total. The summed E-state index contributed by atoms with van der Waals surface area (Å²) in [4.78, 5) is 46.1. The Labute approximate surface area is 273 Å². The molecule has 1 fully saturated rings. The van der Waals surface area contributed by atoms with Gasteiger partial charge in [-0.1, -0.05) is 75.3 Å². The first kappa shape index (κ1) is 34.2. The van der Waals surface area contributed by atoms with E-state index >= 15 is 0 Å². The number of benzene rings is 2. The fraction of sp³-hybridized carbons (Fsp3) is 0.371. The standard InChI is InChI=1S/C35H40N2O8S/c1-6-9-11-19-44-26-16-15-23(21-27(26)42-5)29-28(30(38)24-13-12-14-25(20-24)43-18-10-7-2)31(39)33(40)37(29)35-36-22(4)32(46-35)34(41)45-17-8-3/h8,12-16,20-21,29,38H,3,6-7,9-11,17-19H2,1-2,4-5H3. The number of esters is 1. The van der Waals surface area contributed by atoms with Crippen molar-refractivity contribution in [3.05, 3.63) is 82.4 Å². The lowest BCUT2D eigenvalue weighted by atomic mass is 9.95. The molecule has 0 spiro atoms. The van der Waals surface area contributed by atoms with Gasteiger partial charge in [0.2, 0.25) is 0 Å². The molecule has 1 amide bonds. The second-order valence-corrected chi connectivity index (χ2v) is 11.6. The van der Waals surface area contributed by atoms with Gasteiger partial charge in [0.25, 0.3) is 5.78 Å². The summed E-state index contributed by atoms with van der Waals surface area (Å²) in [6.45, 7) is 10.4. The van der Waals surface area contributed by atoms with Crippen LogP contribution >= 0.6 is 11.3 Å². The minimum Gasteiger partial charge on any atom is -0.507 e. The fourth-order valence-corrected chi connectivity index (χ4v) is 5.94. The minimum absolute atomic E-state index is 0.00387. The van der Waals surface area contributed by atoms with E-state index in [2.05, 4.69) is 25.4 Å². The molecule has 1 atom stereocenters. The summed E-state index contributed by atoms with van der Waals surface area (Å²) >= 11 is 0.924. The lowest BCUT2D eigenvalue weighted by molar-refractivity contribution is -0.132. The summed E-state index contributed by atoms with van der Waals surface area (Å²) < 4.78 is 22.6. The number of rotatable bonds is 16. The number of ether oxygens (including phenoxy) is 4. The lowest BCUT2D eigenvalue weighted by Gasteiger charge is -2.24. The van der Waals surface area contributed by atoms with Gasteiger partial charge in [0.1, 0.15) is 23.0 Å². The van der Waals surface area contributed by atoms with Crippen molar-refractivity contribution in [1.82, 2.24) is 4.98 Å². The van der Waals surface area contributed by atoms with Crippen molar-refractivity contribution >= 4 is 39.9 Å². The van der Waals surface area contributed by atoms with E-state index in [9.17, 15) is 19.5 Å². The van der Waals surface area contributed by atoms with Crippen LogP contribution in [0.4, 0.5) is 5.13 Å². The summed E-state index contributed by atoms with van der Waals surface area (Å²) in [7, 11) is 1.50. The number of hydrogen-bond donors (Lipinski definition) is 1. The molecule has 1 saturated heterocycles. The molecule has 0 aliphatic carbocycles. The highest BCUT2D eigenvalue weighted by molar-refractivity contribution is 7.17. The number of aromatic nitrogens is 1. The molecule has 0 bridgehead atoms. The van der Waals surface area contributed by atoms with E-state index in [1.165, 1.54) is 18.1 Å². The zero-order valence-corrected chi connectivity index (χ0v) is 27.5. The molecule has 2 aromatic carbocycles. The second kappa shape index (κ2) is 16.1. The predicted octanol–water partition coefficient (Wildman–Crippen LogP) is 7.18. The molecule has 11 heteroatoms. The van der Waals surface area contributed by atoms with Gasteiger partial charge in [0.15, 0.2) is 16.6 Å². The van der Waals surface area contributed by atoms with Gasteiger partial charge in [0.05, 0.1) is 37.6 Å². The highest BCUT2D eigenvalue weighted by atomic mass is 32.1. The quantitative estimate of drug-likeness (QED) is 0.0430. The molecule has 3 aromatic rings. The third-order valence-electron chi connectivity index (χ3n) is 7.34. The van der Waals surface area contributed by atoms with Gasteiger partial charge >= 0.3 is 11.9 Å². The number of aliphatic hydroxyl groups is 1. The molecule has 1 aliphatic heterocycles. The largest absolute Gasteiger partial charge is 0.507 e. The number of thiazole rings is 1. The molecule has 244 valence electrons. The molecule has 46 heavy (non-hydrogen) atoms. The van der Waals surface area contributed by atoms with E-state index < -0.39 is 23.7 Å². The van der Waals surface area contributed by atoms with Gasteiger partial charge in [-0.2, -0.15) is 0 Å². The summed E-state index contributed by atoms with van der Waals surface area (Å²) in [5.74, 6) is -1.37. The third-order valence-corrected chi connectivity index (χ3v) is 8.47. The number of carbonyl (C=O) groups excluding carboxylic acids is 3. The Morgan fingerprint density at radius 2 is 1.80 bits per heavy atom. The maximum atomic E-state index is 13.8. The zero-order chi connectivity index (χ0) is 33.2. The van der Waals surface area contributed by atoms with Crippen molar-refractivity contribution in [2.24, 2.45) is 0 Å². The van der Waals surface area contributed by atoms with E-state index in [4.69, 9.17) is 18.9 Å². The number of anilines is 1. The monoisotopic (exact) mass is 648 g/mol. The topological polar surface area (TPSA) is 124 Å². The normalized spacial score (nSPS) is 15.6. The second-order valence-electron chi connectivity index (χ2n) is 10.7. The molecule has 10 nitrogen and oxygen atoms in total. The maximum Gasteiger partial charge on any atom is 0.350 e. The Bertz CT molecular complexity index is 1610. The third kappa shape index (κ3) is 7.59. The summed E-state index contributed by atoms with van der Waals surface area (Å²) in [5.41, 5.74) is 0.972. The first-order chi connectivity index (χ1) is 22.2. The van der Waals surface area contributed by atoms with Gasteiger partial charge in [-0.15, -0.1) is 0 Å². The smallest absolute Gasteiger partial charge is 0.350 e. The SMILES string of the molecule is C=CCOC(=O)c1sc(N2C(=O)C(=O)C(=C(O)c3cccc(OCCCC)c3)C2c2ccc(OCCCCC)c(OC)c2)nc1C. The van der Waals surface area contributed by atoms with E-state index in [0.29, 0.717) is 47.3 Å². The number of hydrogen-bond acceptors (Lipinski definition) is 10. The Morgan fingerprint density at radius 3 is 2.52 bits per heavy atom. The van der Waals surface area contributed by atoms with Crippen LogP contribution in [0.15, 0.2) is 60.7 Å². The number of methoxy groups -OCH3 is 1. The summed E-state index contributed by atoms with van der Waals surface area (Å²) in [6.07, 6.45) is 6.22. The highest BCUT2D eigenvalue weighted by Gasteiger charge is 2.48. The molecular weight excluding hydrogens is 608 g/mol. The Hall–Kier alpha value is -4.64. The van der Waals surface area contributed by atoms with E-state index in [0.717, 1.165) is 43.4 Å². The van der Waals surface area contributed by atoms with Crippen molar-refractivity contribution in [1.29, 1.82) is 0 Å². The highest BCUT2D eigenvalue weighted by Crippen LogP contribution is 2.45. The van der Waals surface area contributed by atoms with Crippen molar-refractivity contribution in [3.8, 4) is 17.2 Å². The average Bonchev–Trinajstić information content (AvgIpc) is 3.57. The van der Waals surface area contributed by atoms with Crippen molar-refractivity contribution < 1.29 is 38.4 Å². The molecule has 0 radical (unpaired) electrons. The van der Waals surface area contributed by atoms with Gasteiger partial charge in [0, 0.05) is 5.56 Å². The first-order valence-electron chi connectivity index (χ1n) is 15.4. The average molecular weight is 649 g/mol.